The smallest absolute Gasteiger partial charge is 0.253 e. The molecule has 3 nitrogen and oxygen atoms in total. The highest BCUT2D eigenvalue weighted by atomic mass is 35.5. The summed E-state index contributed by atoms with van der Waals surface area (Å²) in [6, 6.07) is 13.0. The number of hydrogen-bond acceptors (Lipinski definition) is 2. The molecule has 0 unspecified atom stereocenters. The fourth-order valence-electron chi connectivity index (χ4n) is 3.00. The normalized spacial score (nSPS) is 14.0. The van der Waals surface area contributed by atoms with Crippen LogP contribution in [0.1, 0.15) is 28.8 Å². The van der Waals surface area contributed by atoms with E-state index >= 15 is 0 Å². The Bertz CT molecular complexity index is 736. The lowest BCUT2D eigenvalue weighted by atomic mass is 9.95. The summed E-state index contributed by atoms with van der Waals surface area (Å²) in [5.74, 6) is 0.0587. The van der Waals surface area contributed by atoms with Crippen molar-refractivity contribution in [1.29, 1.82) is 0 Å². The highest BCUT2D eigenvalue weighted by Crippen LogP contribution is 2.28. The SMILES string of the molecule is O=CCc1ccc(C(=O)N2CCCC2)cc1-c1cccc(Cl)c1. The molecule has 0 saturated carbocycles. The number of nitrogens with zero attached hydrogens (tertiary/aromatic N) is 1. The molecule has 1 saturated heterocycles. The van der Waals surface area contributed by atoms with Crippen LogP contribution >= 0.6 is 11.6 Å². The van der Waals surface area contributed by atoms with E-state index in [1.165, 1.54) is 0 Å². The second-order valence-electron chi connectivity index (χ2n) is 5.75. The van der Waals surface area contributed by atoms with Gasteiger partial charge in [-0.25, -0.2) is 0 Å². The van der Waals surface area contributed by atoms with Gasteiger partial charge in [0.1, 0.15) is 6.29 Å². The number of hydrogen-bond donors (Lipinski definition) is 0. The van der Waals surface area contributed by atoms with Crippen LogP contribution in [0.15, 0.2) is 42.5 Å². The Kier molecular flexibility index (Phi) is 4.77. The van der Waals surface area contributed by atoms with Gasteiger partial charge < -0.3 is 9.69 Å². The van der Waals surface area contributed by atoms with E-state index in [2.05, 4.69) is 0 Å². The molecular formula is C19H18ClNO2. The van der Waals surface area contributed by atoms with Crippen LogP contribution in [0.5, 0.6) is 0 Å². The van der Waals surface area contributed by atoms with Gasteiger partial charge in [-0.15, -0.1) is 0 Å². The predicted molar refractivity (Wildman–Crippen MR) is 91.8 cm³/mol. The molecule has 3 rings (SSSR count). The number of carbonyl (C=O) groups excluding carboxylic acids is 2. The summed E-state index contributed by atoms with van der Waals surface area (Å²) >= 11 is 6.09. The highest BCUT2D eigenvalue weighted by Gasteiger charge is 2.20. The molecule has 1 amide bonds. The third-order valence-electron chi connectivity index (χ3n) is 4.19. The first-order valence-electron chi connectivity index (χ1n) is 7.81. The van der Waals surface area contributed by atoms with Gasteiger partial charge in [0.15, 0.2) is 0 Å². The van der Waals surface area contributed by atoms with Crippen molar-refractivity contribution in [1.82, 2.24) is 4.90 Å². The molecule has 1 fully saturated rings. The molecular weight excluding hydrogens is 310 g/mol. The van der Waals surface area contributed by atoms with Gasteiger partial charge in [0.25, 0.3) is 5.91 Å². The van der Waals surface area contributed by atoms with Crippen LogP contribution in [-0.4, -0.2) is 30.2 Å². The lowest BCUT2D eigenvalue weighted by molar-refractivity contribution is -0.107. The Hall–Kier alpha value is -2.13. The molecule has 0 aliphatic carbocycles. The summed E-state index contributed by atoms with van der Waals surface area (Å²) < 4.78 is 0. The van der Waals surface area contributed by atoms with E-state index in [1.807, 2.05) is 47.4 Å². The van der Waals surface area contributed by atoms with Crippen molar-refractivity contribution < 1.29 is 9.59 Å². The maximum atomic E-state index is 12.6. The van der Waals surface area contributed by atoms with E-state index in [1.54, 1.807) is 0 Å². The topological polar surface area (TPSA) is 37.4 Å². The average Bonchev–Trinajstić information content (AvgIpc) is 3.09. The molecule has 0 bridgehead atoms. The van der Waals surface area contributed by atoms with Crippen molar-refractivity contribution in [2.24, 2.45) is 0 Å². The molecule has 0 N–H and O–H groups in total. The largest absolute Gasteiger partial charge is 0.339 e. The maximum absolute atomic E-state index is 12.6. The molecule has 0 aromatic heterocycles. The van der Waals surface area contributed by atoms with Crippen molar-refractivity contribution in [3.63, 3.8) is 0 Å². The zero-order valence-electron chi connectivity index (χ0n) is 12.8. The van der Waals surface area contributed by atoms with Crippen molar-refractivity contribution in [2.75, 3.05) is 13.1 Å². The maximum Gasteiger partial charge on any atom is 0.253 e. The summed E-state index contributed by atoms with van der Waals surface area (Å²) in [4.78, 5) is 25.4. The molecule has 0 atom stereocenters. The number of rotatable bonds is 4. The lowest BCUT2D eigenvalue weighted by Crippen LogP contribution is -2.27. The predicted octanol–water partition coefficient (Wildman–Crippen LogP) is 3.98. The molecule has 2 aromatic rings. The minimum atomic E-state index is 0.0587. The van der Waals surface area contributed by atoms with E-state index in [4.69, 9.17) is 11.6 Å². The minimum Gasteiger partial charge on any atom is -0.339 e. The average molecular weight is 328 g/mol. The van der Waals surface area contributed by atoms with Crippen molar-refractivity contribution in [2.45, 2.75) is 19.3 Å². The second-order valence-corrected chi connectivity index (χ2v) is 6.19. The zero-order valence-corrected chi connectivity index (χ0v) is 13.6. The molecule has 4 heteroatoms. The summed E-state index contributed by atoms with van der Waals surface area (Å²) in [6.45, 7) is 1.64. The fraction of sp³-hybridized carbons (Fsp3) is 0.263. The van der Waals surface area contributed by atoms with E-state index in [9.17, 15) is 9.59 Å². The number of carbonyl (C=O) groups is 2. The van der Waals surface area contributed by atoms with Gasteiger partial charge in [-0.2, -0.15) is 0 Å². The Balaban J connectivity index is 2.02. The van der Waals surface area contributed by atoms with Crippen molar-refractivity contribution in [3.05, 3.63) is 58.6 Å². The van der Waals surface area contributed by atoms with Crippen LogP contribution in [0.25, 0.3) is 11.1 Å². The summed E-state index contributed by atoms with van der Waals surface area (Å²) in [7, 11) is 0. The van der Waals surface area contributed by atoms with Crippen LogP contribution < -0.4 is 0 Å². The van der Waals surface area contributed by atoms with E-state index < -0.39 is 0 Å². The van der Waals surface area contributed by atoms with Crippen molar-refractivity contribution in [3.8, 4) is 11.1 Å². The first kappa shape index (κ1) is 15.8. The Morgan fingerprint density at radius 2 is 1.91 bits per heavy atom. The van der Waals surface area contributed by atoms with Gasteiger partial charge in [-0.05, 0) is 53.8 Å². The first-order chi connectivity index (χ1) is 11.2. The van der Waals surface area contributed by atoms with Gasteiger partial charge in [-0.1, -0.05) is 29.8 Å². The van der Waals surface area contributed by atoms with Crippen LogP contribution in [0.3, 0.4) is 0 Å². The quantitative estimate of drug-likeness (QED) is 0.796. The highest BCUT2D eigenvalue weighted by molar-refractivity contribution is 6.30. The van der Waals surface area contributed by atoms with Crippen LogP contribution in [0.4, 0.5) is 0 Å². The van der Waals surface area contributed by atoms with Gasteiger partial charge in [0, 0.05) is 30.1 Å². The summed E-state index contributed by atoms with van der Waals surface area (Å²) in [5, 5.41) is 0.635. The number of benzene rings is 2. The standard InChI is InChI=1S/C19H18ClNO2/c20-17-5-3-4-15(12-17)18-13-16(7-6-14(18)8-11-22)19(23)21-9-1-2-10-21/h3-7,11-13H,1-2,8-10H2. The van der Waals surface area contributed by atoms with Gasteiger partial charge in [-0.3, -0.25) is 4.79 Å². The molecule has 118 valence electrons. The summed E-state index contributed by atoms with van der Waals surface area (Å²) in [5.41, 5.74) is 3.38. The number of aldehydes is 1. The van der Waals surface area contributed by atoms with E-state index in [0.717, 1.165) is 48.9 Å². The number of likely N-dealkylation sites (tertiary alicyclic amines) is 1. The molecule has 0 radical (unpaired) electrons. The molecule has 1 heterocycles. The first-order valence-corrected chi connectivity index (χ1v) is 8.18. The molecule has 0 spiro atoms. The molecule has 2 aromatic carbocycles. The molecule has 1 aliphatic heterocycles. The van der Waals surface area contributed by atoms with Crippen LogP contribution in [-0.2, 0) is 11.2 Å². The monoisotopic (exact) mass is 327 g/mol. The van der Waals surface area contributed by atoms with Gasteiger partial charge in [0.05, 0.1) is 0 Å². The Morgan fingerprint density at radius 1 is 1.13 bits per heavy atom. The Labute approximate surface area is 140 Å². The van der Waals surface area contributed by atoms with Crippen LogP contribution in [0.2, 0.25) is 5.02 Å². The third kappa shape index (κ3) is 3.45. The minimum absolute atomic E-state index is 0.0587. The molecule has 23 heavy (non-hydrogen) atoms. The second kappa shape index (κ2) is 6.97. The van der Waals surface area contributed by atoms with Gasteiger partial charge in [0.2, 0.25) is 0 Å². The molecule has 1 aliphatic rings. The zero-order chi connectivity index (χ0) is 16.2. The number of halogens is 1. The van der Waals surface area contributed by atoms with Crippen LogP contribution in [0, 0.1) is 0 Å². The van der Waals surface area contributed by atoms with Crippen molar-refractivity contribution >= 4 is 23.8 Å². The Morgan fingerprint density at radius 3 is 2.61 bits per heavy atom. The van der Waals surface area contributed by atoms with E-state index in [0.29, 0.717) is 17.0 Å². The summed E-state index contributed by atoms with van der Waals surface area (Å²) in [6.07, 6.45) is 3.33. The third-order valence-corrected chi connectivity index (χ3v) is 4.42. The van der Waals surface area contributed by atoms with E-state index in [-0.39, 0.29) is 5.91 Å². The van der Waals surface area contributed by atoms with Gasteiger partial charge >= 0.3 is 0 Å². The lowest BCUT2D eigenvalue weighted by Gasteiger charge is -2.17. The number of amides is 1. The fourth-order valence-corrected chi connectivity index (χ4v) is 3.20.